The molecule has 0 saturated heterocycles. The van der Waals surface area contributed by atoms with Crippen molar-refractivity contribution in [2.75, 3.05) is 26.7 Å². The van der Waals surface area contributed by atoms with Gasteiger partial charge in [0.05, 0.1) is 12.2 Å². The van der Waals surface area contributed by atoms with Crippen molar-refractivity contribution in [3.63, 3.8) is 0 Å². The summed E-state index contributed by atoms with van der Waals surface area (Å²) in [5, 5.41) is 20.0. The number of rotatable bonds is 8. The van der Waals surface area contributed by atoms with E-state index in [0.29, 0.717) is 31.1 Å². The van der Waals surface area contributed by atoms with Gasteiger partial charge >= 0.3 is 0 Å². The molecule has 0 unspecified atom stereocenters. The standard InChI is InChI=1S/C21H32N6O2.HI/c1-6-22-21(26(4)13-17-14-27(5)25-19(17)15(2)3)24-12-11-23-20(29)16-7-9-18(28)10-8-16;/h7-10,14-15,28H,6,11-13H2,1-5H3,(H,22,24)(H,23,29);1H. The van der Waals surface area contributed by atoms with E-state index in [-0.39, 0.29) is 35.6 Å². The number of carbonyl (C=O) groups excluding carboxylic acids is 1. The van der Waals surface area contributed by atoms with Crippen molar-refractivity contribution in [3.05, 3.63) is 47.3 Å². The molecule has 0 aliphatic rings. The third kappa shape index (κ3) is 7.51. The summed E-state index contributed by atoms with van der Waals surface area (Å²) < 4.78 is 1.85. The maximum Gasteiger partial charge on any atom is 0.251 e. The van der Waals surface area contributed by atoms with Gasteiger partial charge in [-0.1, -0.05) is 13.8 Å². The summed E-state index contributed by atoms with van der Waals surface area (Å²) in [4.78, 5) is 18.8. The molecule has 30 heavy (non-hydrogen) atoms. The number of guanidine groups is 1. The minimum Gasteiger partial charge on any atom is -0.508 e. The van der Waals surface area contributed by atoms with Crippen LogP contribution in [0.2, 0.25) is 0 Å². The molecule has 0 saturated carbocycles. The van der Waals surface area contributed by atoms with Gasteiger partial charge in [0, 0.05) is 51.1 Å². The zero-order valence-electron chi connectivity index (χ0n) is 18.3. The summed E-state index contributed by atoms with van der Waals surface area (Å²) in [7, 11) is 3.93. The van der Waals surface area contributed by atoms with Crippen LogP contribution in [0, 0.1) is 0 Å². The van der Waals surface area contributed by atoms with Gasteiger partial charge in [0.1, 0.15) is 5.75 Å². The zero-order valence-corrected chi connectivity index (χ0v) is 20.7. The molecular weight excluding hydrogens is 495 g/mol. The first kappa shape index (κ1) is 25.7. The fraction of sp³-hybridized carbons (Fsp3) is 0.476. The Morgan fingerprint density at radius 1 is 1.27 bits per heavy atom. The number of amides is 1. The van der Waals surface area contributed by atoms with Crippen LogP contribution in [0.25, 0.3) is 0 Å². The van der Waals surface area contributed by atoms with Crippen LogP contribution in [0.1, 0.15) is 48.3 Å². The van der Waals surface area contributed by atoms with Crippen LogP contribution in [0.3, 0.4) is 0 Å². The molecule has 1 amide bonds. The van der Waals surface area contributed by atoms with Crippen LogP contribution in [0.4, 0.5) is 0 Å². The van der Waals surface area contributed by atoms with Crippen molar-refractivity contribution < 1.29 is 9.90 Å². The molecule has 0 aliphatic carbocycles. The summed E-state index contributed by atoms with van der Waals surface area (Å²) in [5.74, 6) is 1.09. The first-order valence-corrected chi connectivity index (χ1v) is 9.90. The molecule has 2 rings (SSSR count). The second-order valence-electron chi connectivity index (χ2n) is 7.26. The van der Waals surface area contributed by atoms with E-state index in [2.05, 4.69) is 39.5 Å². The number of hydrogen-bond acceptors (Lipinski definition) is 4. The van der Waals surface area contributed by atoms with Crippen LogP contribution in [0.15, 0.2) is 35.5 Å². The van der Waals surface area contributed by atoms with E-state index in [9.17, 15) is 9.90 Å². The highest BCUT2D eigenvalue weighted by Crippen LogP contribution is 2.18. The number of phenols is 1. The molecule has 0 bridgehead atoms. The Morgan fingerprint density at radius 3 is 2.53 bits per heavy atom. The minimum atomic E-state index is -0.185. The van der Waals surface area contributed by atoms with Gasteiger partial charge in [-0.3, -0.25) is 14.5 Å². The van der Waals surface area contributed by atoms with Crippen LogP contribution >= 0.6 is 24.0 Å². The number of nitrogens with one attached hydrogen (secondary N) is 2. The van der Waals surface area contributed by atoms with Gasteiger partial charge < -0.3 is 20.6 Å². The van der Waals surface area contributed by atoms with E-state index < -0.39 is 0 Å². The van der Waals surface area contributed by atoms with Crippen molar-refractivity contribution in [1.82, 2.24) is 25.3 Å². The Balaban J connectivity index is 0.00000450. The van der Waals surface area contributed by atoms with Crippen molar-refractivity contribution in [2.45, 2.75) is 33.2 Å². The number of halogens is 1. The highest BCUT2D eigenvalue weighted by molar-refractivity contribution is 14.0. The fourth-order valence-corrected chi connectivity index (χ4v) is 3.01. The SMILES string of the molecule is CCNC(=NCCNC(=O)c1ccc(O)cc1)N(C)Cc1cn(C)nc1C(C)C.I. The van der Waals surface area contributed by atoms with Crippen LogP contribution < -0.4 is 10.6 Å². The van der Waals surface area contributed by atoms with Gasteiger partial charge in [-0.2, -0.15) is 5.10 Å². The van der Waals surface area contributed by atoms with Gasteiger partial charge in [0.2, 0.25) is 0 Å². The van der Waals surface area contributed by atoms with E-state index >= 15 is 0 Å². The molecule has 0 spiro atoms. The maximum atomic E-state index is 12.1. The van der Waals surface area contributed by atoms with E-state index in [1.165, 1.54) is 17.7 Å². The number of phenolic OH excluding ortho intramolecular Hbond substituents is 1. The Bertz CT molecular complexity index is 833. The summed E-state index contributed by atoms with van der Waals surface area (Å²) in [6.45, 7) is 8.65. The summed E-state index contributed by atoms with van der Waals surface area (Å²) in [6.07, 6.45) is 2.05. The lowest BCUT2D eigenvalue weighted by Gasteiger charge is -2.22. The largest absolute Gasteiger partial charge is 0.508 e. The molecule has 2 aromatic rings. The predicted molar refractivity (Wildman–Crippen MR) is 131 cm³/mol. The van der Waals surface area contributed by atoms with Crippen molar-refractivity contribution in [3.8, 4) is 5.75 Å². The third-order valence-corrected chi connectivity index (χ3v) is 4.38. The molecule has 0 atom stereocenters. The van der Waals surface area contributed by atoms with E-state index in [4.69, 9.17) is 0 Å². The molecule has 0 fully saturated rings. The number of aryl methyl sites for hydroxylation is 1. The van der Waals surface area contributed by atoms with E-state index in [1.807, 2.05) is 31.9 Å². The summed E-state index contributed by atoms with van der Waals surface area (Å²) in [5.41, 5.74) is 2.78. The van der Waals surface area contributed by atoms with Gasteiger partial charge in [0.25, 0.3) is 5.91 Å². The Kier molecular flexibility index (Phi) is 10.6. The molecule has 0 radical (unpaired) electrons. The molecule has 9 heteroatoms. The van der Waals surface area contributed by atoms with Crippen molar-refractivity contribution in [1.29, 1.82) is 0 Å². The number of hydrogen-bond donors (Lipinski definition) is 3. The molecule has 166 valence electrons. The summed E-state index contributed by atoms with van der Waals surface area (Å²) >= 11 is 0. The number of nitrogens with zero attached hydrogens (tertiary/aromatic N) is 4. The quantitative estimate of drug-likeness (QED) is 0.212. The van der Waals surface area contributed by atoms with Crippen molar-refractivity contribution in [2.24, 2.45) is 12.0 Å². The molecule has 1 aromatic heterocycles. The first-order valence-electron chi connectivity index (χ1n) is 9.90. The van der Waals surface area contributed by atoms with Crippen molar-refractivity contribution >= 4 is 35.8 Å². The average molecular weight is 528 g/mol. The third-order valence-electron chi connectivity index (χ3n) is 4.38. The number of carbonyl (C=O) groups is 1. The monoisotopic (exact) mass is 528 g/mol. The number of aromatic nitrogens is 2. The second kappa shape index (κ2) is 12.4. The smallest absolute Gasteiger partial charge is 0.251 e. The van der Waals surface area contributed by atoms with Gasteiger partial charge in [0.15, 0.2) is 5.96 Å². The lowest BCUT2D eigenvalue weighted by molar-refractivity contribution is 0.0955. The van der Waals surface area contributed by atoms with Crippen LogP contribution in [-0.4, -0.2) is 58.3 Å². The number of aliphatic imine (C=N–C) groups is 1. The lowest BCUT2D eigenvalue weighted by atomic mass is 10.1. The van der Waals surface area contributed by atoms with Gasteiger partial charge in [-0.25, -0.2) is 0 Å². The second-order valence-corrected chi connectivity index (χ2v) is 7.26. The number of aromatic hydroxyl groups is 1. The van der Waals surface area contributed by atoms with Gasteiger partial charge in [-0.15, -0.1) is 24.0 Å². The molecule has 1 aromatic carbocycles. The van der Waals surface area contributed by atoms with Crippen LogP contribution in [-0.2, 0) is 13.6 Å². The highest BCUT2D eigenvalue weighted by Gasteiger charge is 2.15. The lowest BCUT2D eigenvalue weighted by Crippen LogP contribution is -2.39. The first-order chi connectivity index (χ1) is 13.8. The fourth-order valence-electron chi connectivity index (χ4n) is 3.01. The van der Waals surface area contributed by atoms with Gasteiger partial charge in [-0.05, 0) is 37.1 Å². The summed E-state index contributed by atoms with van der Waals surface area (Å²) in [6, 6.07) is 6.17. The number of benzene rings is 1. The maximum absolute atomic E-state index is 12.1. The molecular formula is C21H33IN6O2. The molecule has 1 heterocycles. The molecule has 8 nitrogen and oxygen atoms in total. The predicted octanol–water partition coefficient (Wildman–Crippen LogP) is 2.69. The van der Waals surface area contributed by atoms with Crippen LogP contribution in [0.5, 0.6) is 5.75 Å². The topological polar surface area (TPSA) is 94.8 Å². The molecule has 3 N–H and O–H groups in total. The minimum absolute atomic E-state index is 0. The van der Waals surface area contributed by atoms with E-state index in [1.54, 1.807) is 12.1 Å². The Labute approximate surface area is 195 Å². The molecule has 0 aliphatic heterocycles. The Morgan fingerprint density at radius 2 is 1.93 bits per heavy atom. The highest BCUT2D eigenvalue weighted by atomic mass is 127. The van der Waals surface area contributed by atoms with E-state index in [0.717, 1.165) is 18.2 Å². The average Bonchev–Trinajstić information content (AvgIpc) is 3.05. The normalized spacial score (nSPS) is 11.2. The Hall–Kier alpha value is -2.30. The zero-order chi connectivity index (χ0) is 21.4.